The first-order chi connectivity index (χ1) is 6.72. The largest absolute Gasteiger partial charge is 0.338 e. The molecule has 0 aromatic heterocycles. The summed E-state index contributed by atoms with van der Waals surface area (Å²) >= 11 is 0. The smallest absolute Gasteiger partial charge is 0.240 e. The molecule has 3 unspecified atom stereocenters. The molecule has 2 N–H and O–H groups in total. The Balaban J connectivity index is 1.96. The van der Waals surface area contributed by atoms with Gasteiger partial charge in [-0.3, -0.25) is 4.79 Å². The maximum atomic E-state index is 11.8. The Morgan fingerprint density at radius 2 is 2.43 bits per heavy atom. The van der Waals surface area contributed by atoms with Gasteiger partial charge in [-0.15, -0.1) is 12.3 Å². The summed E-state index contributed by atoms with van der Waals surface area (Å²) in [4.78, 5) is 13.8. The van der Waals surface area contributed by atoms with E-state index in [2.05, 4.69) is 5.92 Å². The number of hydrogen-bond donors (Lipinski definition) is 1. The zero-order chi connectivity index (χ0) is 10.1. The minimum Gasteiger partial charge on any atom is -0.338 e. The minimum atomic E-state index is -0.487. The lowest BCUT2D eigenvalue weighted by Crippen LogP contribution is -2.47. The number of piperidine rings is 1. The van der Waals surface area contributed by atoms with Gasteiger partial charge in [0, 0.05) is 19.0 Å². The third-order valence-corrected chi connectivity index (χ3v) is 3.35. The summed E-state index contributed by atoms with van der Waals surface area (Å²) in [7, 11) is 0. The van der Waals surface area contributed by atoms with Crippen molar-refractivity contribution in [3.63, 3.8) is 0 Å². The molecule has 2 bridgehead atoms. The van der Waals surface area contributed by atoms with Crippen LogP contribution in [0.5, 0.6) is 0 Å². The van der Waals surface area contributed by atoms with E-state index in [1.165, 1.54) is 12.8 Å². The van der Waals surface area contributed by atoms with Gasteiger partial charge in [0.2, 0.25) is 5.91 Å². The zero-order valence-electron chi connectivity index (χ0n) is 8.28. The zero-order valence-corrected chi connectivity index (χ0v) is 8.28. The summed E-state index contributed by atoms with van der Waals surface area (Å²) in [6, 6.07) is -0.0318. The van der Waals surface area contributed by atoms with Gasteiger partial charge >= 0.3 is 0 Å². The van der Waals surface area contributed by atoms with Gasteiger partial charge in [0.25, 0.3) is 0 Å². The van der Waals surface area contributed by atoms with Crippen LogP contribution in [0.3, 0.4) is 0 Å². The summed E-state index contributed by atoms with van der Waals surface area (Å²) in [5.74, 6) is 3.22. The van der Waals surface area contributed by atoms with Gasteiger partial charge in [-0.2, -0.15) is 0 Å². The summed E-state index contributed by atoms with van der Waals surface area (Å²) in [6.45, 7) is 0.905. The standard InChI is InChI=1S/C11H16N2O/c1-2-3-10(12)11(14)13-7-8-4-5-9(13)6-8/h1,8-10H,3-7,12H2. The maximum Gasteiger partial charge on any atom is 0.240 e. The van der Waals surface area contributed by atoms with E-state index < -0.39 is 6.04 Å². The van der Waals surface area contributed by atoms with Crippen LogP contribution in [-0.2, 0) is 4.79 Å². The van der Waals surface area contributed by atoms with Gasteiger partial charge in [-0.1, -0.05) is 0 Å². The average molecular weight is 192 g/mol. The predicted molar refractivity (Wildman–Crippen MR) is 54.3 cm³/mol. The van der Waals surface area contributed by atoms with Gasteiger partial charge in [-0.25, -0.2) is 0 Å². The quantitative estimate of drug-likeness (QED) is 0.642. The lowest BCUT2D eigenvalue weighted by molar-refractivity contribution is -0.134. The molecule has 0 radical (unpaired) electrons. The summed E-state index contributed by atoms with van der Waals surface area (Å²) in [5.41, 5.74) is 5.71. The van der Waals surface area contributed by atoms with E-state index in [9.17, 15) is 4.79 Å². The molecule has 14 heavy (non-hydrogen) atoms. The molecule has 1 saturated carbocycles. The number of hydrogen-bond acceptors (Lipinski definition) is 2. The van der Waals surface area contributed by atoms with E-state index in [-0.39, 0.29) is 5.91 Å². The third-order valence-electron chi connectivity index (χ3n) is 3.35. The lowest BCUT2D eigenvalue weighted by Gasteiger charge is -2.28. The number of carbonyl (C=O) groups excluding carboxylic acids is 1. The Labute approximate surface area is 84.6 Å². The highest BCUT2D eigenvalue weighted by Gasteiger charge is 2.41. The van der Waals surface area contributed by atoms with Crippen molar-refractivity contribution >= 4 is 5.91 Å². The van der Waals surface area contributed by atoms with Crippen LogP contribution in [0, 0.1) is 18.3 Å². The maximum absolute atomic E-state index is 11.8. The minimum absolute atomic E-state index is 0.0511. The molecule has 3 atom stereocenters. The molecule has 2 aliphatic rings. The van der Waals surface area contributed by atoms with Crippen LogP contribution >= 0.6 is 0 Å². The number of nitrogens with two attached hydrogens (primary N) is 1. The molecule has 3 heteroatoms. The highest BCUT2D eigenvalue weighted by atomic mass is 16.2. The Hall–Kier alpha value is -1.01. The SMILES string of the molecule is C#CCC(N)C(=O)N1CC2CCC1C2. The van der Waals surface area contributed by atoms with Crippen LogP contribution in [0.2, 0.25) is 0 Å². The Bertz CT molecular complexity index is 282. The fourth-order valence-electron chi connectivity index (χ4n) is 2.62. The highest BCUT2D eigenvalue weighted by molar-refractivity contribution is 5.82. The monoisotopic (exact) mass is 192 g/mol. The van der Waals surface area contributed by atoms with Crippen molar-refractivity contribution in [3.05, 3.63) is 0 Å². The second kappa shape index (κ2) is 3.62. The normalized spacial score (nSPS) is 31.6. The van der Waals surface area contributed by atoms with Crippen molar-refractivity contribution in [1.82, 2.24) is 4.90 Å². The van der Waals surface area contributed by atoms with Crippen LogP contribution in [0.4, 0.5) is 0 Å². The molecule has 3 nitrogen and oxygen atoms in total. The first-order valence-corrected chi connectivity index (χ1v) is 5.22. The molecule has 76 valence electrons. The Morgan fingerprint density at radius 1 is 1.64 bits per heavy atom. The van der Waals surface area contributed by atoms with E-state index in [0.717, 1.165) is 18.9 Å². The fourth-order valence-corrected chi connectivity index (χ4v) is 2.62. The molecule has 0 spiro atoms. The number of amides is 1. The summed E-state index contributed by atoms with van der Waals surface area (Å²) < 4.78 is 0. The van der Waals surface area contributed by atoms with E-state index >= 15 is 0 Å². The van der Waals surface area contributed by atoms with Gasteiger partial charge < -0.3 is 10.6 Å². The number of likely N-dealkylation sites (tertiary alicyclic amines) is 1. The molecule has 1 aliphatic heterocycles. The topological polar surface area (TPSA) is 46.3 Å². The predicted octanol–water partition coefficient (Wildman–Crippen LogP) is 0.348. The first kappa shape index (κ1) is 9.54. The van der Waals surface area contributed by atoms with Crippen LogP contribution in [0.15, 0.2) is 0 Å². The molecular weight excluding hydrogens is 176 g/mol. The van der Waals surface area contributed by atoms with E-state index in [1.807, 2.05) is 4.90 Å². The molecule has 1 aliphatic carbocycles. The van der Waals surface area contributed by atoms with Gasteiger partial charge in [0.15, 0.2) is 0 Å². The second-order valence-corrected chi connectivity index (χ2v) is 4.34. The van der Waals surface area contributed by atoms with Crippen molar-refractivity contribution in [1.29, 1.82) is 0 Å². The molecule has 0 aromatic rings. The molecular formula is C11H16N2O. The van der Waals surface area contributed by atoms with Crippen LogP contribution in [0.25, 0.3) is 0 Å². The molecule has 0 aromatic carbocycles. The number of rotatable bonds is 2. The van der Waals surface area contributed by atoms with Gasteiger partial charge in [0.05, 0.1) is 6.04 Å². The van der Waals surface area contributed by atoms with Gasteiger partial charge in [-0.05, 0) is 25.2 Å². The van der Waals surface area contributed by atoms with E-state index in [0.29, 0.717) is 12.5 Å². The van der Waals surface area contributed by atoms with Crippen molar-refractivity contribution in [2.24, 2.45) is 11.7 Å². The van der Waals surface area contributed by atoms with Crippen LogP contribution in [0.1, 0.15) is 25.7 Å². The first-order valence-electron chi connectivity index (χ1n) is 5.22. The van der Waals surface area contributed by atoms with Crippen LogP contribution < -0.4 is 5.73 Å². The second-order valence-electron chi connectivity index (χ2n) is 4.34. The molecule has 2 rings (SSSR count). The van der Waals surface area contributed by atoms with Crippen molar-refractivity contribution in [2.45, 2.75) is 37.8 Å². The molecule has 1 heterocycles. The fraction of sp³-hybridized carbons (Fsp3) is 0.727. The number of terminal acetylenes is 1. The van der Waals surface area contributed by atoms with Crippen molar-refractivity contribution < 1.29 is 4.79 Å². The Kier molecular flexibility index (Phi) is 2.47. The Morgan fingerprint density at radius 3 is 2.93 bits per heavy atom. The molecule has 1 amide bonds. The van der Waals surface area contributed by atoms with E-state index in [1.54, 1.807) is 0 Å². The number of fused-ring (bicyclic) bond motifs is 2. The number of carbonyl (C=O) groups is 1. The van der Waals surface area contributed by atoms with Crippen molar-refractivity contribution in [2.75, 3.05) is 6.54 Å². The summed E-state index contributed by atoms with van der Waals surface area (Å²) in [6.07, 6.45) is 9.10. The average Bonchev–Trinajstić information content (AvgIpc) is 2.77. The highest BCUT2D eigenvalue weighted by Crippen LogP contribution is 2.37. The third kappa shape index (κ3) is 1.51. The van der Waals surface area contributed by atoms with E-state index in [4.69, 9.17) is 12.2 Å². The number of nitrogens with zero attached hydrogens (tertiary/aromatic N) is 1. The summed E-state index contributed by atoms with van der Waals surface area (Å²) in [5, 5.41) is 0. The van der Waals surface area contributed by atoms with Crippen molar-refractivity contribution in [3.8, 4) is 12.3 Å². The molecule has 2 fully saturated rings. The lowest BCUT2D eigenvalue weighted by atomic mass is 10.1. The van der Waals surface area contributed by atoms with Crippen LogP contribution in [-0.4, -0.2) is 29.4 Å². The molecule has 1 saturated heterocycles. The van der Waals surface area contributed by atoms with Gasteiger partial charge in [0.1, 0.15) is 0 Å².